The lowest BCUT2D eigenvalue weighted by Gasteiger charge is -2.20. The summed E-state index contributed by atoms with van der Waals surface area (Å²) < 4.78 is 5.54. The van der Waals surface area contributed by atoms with E-state index >= 15 is 0 Å². The van der Waals surface area contributed by atoms with E-state index in [9.17, 15) is 9.59 Å². The number of Topliss-reactive ketones (excluding diaryl/α,β-unsaturated/α-hetero) is 1. The van der Waals surface area contributed by atoms with Crippen molar-refractivity contribution in [3.05, 3.63) is 22.8 Å². The molecular formula is C15H17ClN2O3. The number of hydrogen-bond acceptors (Lipinski definition) is 3. The van der Waals surface area contributed by atoms with Gasteiger partial charge in [0.2, 0.25) is 5.91 Å². The van der Waals surface area contributed by atoms with Gasteiger partial charge in [-0.25, -0.2) is 4.99 Å². The molecule has 4 unspecified atom stereocenters. The number of nitrogens with two attached hydrogens (primary N) is 1. The number of hydrogen-bond donors (Lipinski definition) is 1. The van der Waals surface area contributed by atoms with E-state index in [1.54, 1.807) is 6.08 Å². The van der Waals surface area contributed by atoms with E-state index < -0.39 is 0 Å². The van der Waals surface area contributed by atoms with E-state index in [0.29, 0.717) is 23.6 Å². The fourth-order valence-corrected chi connectivity index (χ4v) is 3.36. The van der Waals surface area contributed by atoms with Crippen LogP contribution < -0.4 is 5.73 Å². The van der Waals surface area contributed by atoms with E-state index in [2.05, 4.69) is 4.99 Å². The van der Waals surface area contributed by atoms with Gasteiger partial charge in [-0.2, -0.15) is 0 Å². The molecule has 0 aromatic rings. The molecule has 3 rings (SSSR count). The first-order valence-corrected chi connectivity index (χ1v) is 7.44. The van der Waals surface area contributed by atoms with Gasteiger partial charge in [0.1, 0.15) is 5.84 Å². The number of nitrogens with zero attached hydrogens (tertiary/aromatic N) is 1. The number of rotatable bonds is 3. The van der Waals surface area contributed by atoms with E-state index in [1.807, 2.05) is 6.08 Å². The molecule has 21 heavy (non-hydrogen) atoms. The SMILES string of the molecule is CC(=O)N=C(N)C1CC1C(=O)C1=CC2CCOC2C(Cl)=C1. The van der Waals surface area contributed by atoms with Crippen LogP contribution in [0, 0.1) is 17.8 Å². The number of ether oxygens (including phenoxy) is 1. The fourth-order valence-electron chi connectivity index (χ4n) is 3.01. The van der Waals surface area contributed by atoms with Crippen LogP contribution in [0.25, 0.3) is 0 Å². The van der Waals surface area contributed by atoms with Crippen molar-refractivity contribution >= 4 is 29.1 Å². The predicted octanol–water partition coefficient (Wildman–Crippen LogP) is 1.56. The summed E-state index contributed by atoms with van der Waals surface area (Å²) in [4.78, 5) is 27.1. The molecule has 6 heteroatoms. The summed E-state index contributed by atoms with van der Waals surface area (Å²) in [6.07, 6.45) is 5.09. The average molecular weight is 309 g/mol. The van der Waals surface area contributed by atoms with Gasteiger partial charge in [-0.3, -0.25) is 9.59 Å². The molecule has 5 nitrogen and oxygen atoms in total. The monoisotopic (exact) mass is 308 g/mol. The molecule has 0 aromatic carbocycles. The molecule has 3 aliphatic rings. The van der Waals surface area contributed by atoms with E-state index in [0.717, 1.165) is 6.42 Å². The van der Waals surface area contributed by atoms with Crippen molar-refractivity contribution in [1.29, 1.82) is 0 Å². The Balaban J connectivity index is 1.72. The second kappa shape index (κ2) is 5.39. The average Bonchev–Trinajstić information content (AvgIpc) is 3.07. The number of ketones is 1. The van der Waals surface area contributed by atoms with Crippen molar-refractivity contribution in [3.8, 4) is 0 Å². The normalized spacial score (nSPS) is 34.9. The zero-order chi connectivity index (χ0) is 15.1. The van der Waals surface area contributed by atoms with Crippen LogP contribution in [0.15, 0.2) is 27.7 Å². The van der Waals surface area contributed by atoms with Crippen LogP contribution in [0.2, 0.25) is 0 Å². The van der Waals surface area contributed by atoms with Crippen LogP contribution in [-0.2, 0) is 14.3 Å². The van der Waals surface area contributed by atoms with Gasteiger partial charge >= 0.3 is 0 Å². The number of carbonyl (C=O) groups is 2. The Morgan fingerprint density at radius 1 is 1.43 bits per heavy atom. The number of amides is 1. The molecule has 0 bridgehead atoms. The summed E-state index contributed by atoms with van der Waals surface area (Å²) in [5.41, 5.74) is 6.38. The summed E-state index contributed by atoms with van der Waals surface area (Å²) in [6.45, 7) is 2.01. The Kier molecular flexibility index (Phi) is 3.71. The smallest absolute Gasteiger partial charge is 0.244 e. The van der Waals surface area contributed by atoms with Gasteiger partial charge in [0, 0.05) is 41.9 Å². The Morgan fingerprint density at radius 3 is 2.90 bits per heavy atom. The minimum Gasteiger partial charge on any atom is -0.387 e. The first kappa shape index (κ1) is 14.5. The number of amidine groups is 1. The second-order valence-electron chi connectivity index (χ2n) is 5.76. The van der Waals surface area contributed by atoms with Crippen molar-refractivity contribution in [1.82, 2.24) is 0 Å². The van der Waals surface area contributed by atoms with Gasteiger partial charge < -0.3 is 10.5 Å². The molecule has 1 aliphatic heterocycles. The zero-order valence-electron chi connectivity index (χ0n) is 11.7. The molecule has 2 N–H and O–H groups in total. The number of fused-ring (bicyclic) bond motifs is 1. The lowest BCUT2D eigenvalue weighted by molar-refractivity contribution is -0.117. The summed E-state index contributed by atoms with van der Waals surface area (Å²) in [5, 5.41) is 0.589. The number of aliphatic imine (C=N–C) groups is 1. The Morgan fingerprint density at radius 2 is 2.19 bits per heavy atom. The molecule has 0 spiro atoms. The first-order chi connectivity index (χ1) is 9.97. The van der Waals surface area contributed by atoms with Gasteiger partial charge in [0.25, 0.3) is 0 Å². The highest BCUT2D eigenvalue weighted by Gasteiger charge is 2.47. The summed E-state index contributed by atoms with van der Waals surface area (Å²) in [7, 11) is 0. The second-order valence-corrected chi connectivity index (χ2v) is 6.20. The van der Waals surface area contributed by atoms with Crippen LogP contribution in [-0.4, -0.2) is 30.2 Å². The molecule has 0 radical (unpaired) electrons. The van der Waals surface area contributed by atoms with Gasteiger partial charge in [-0.05, 0) is 18.9 Å². The van der Waals surface area contributed by atoms with Crippen LogP contribution in [0.3, 0.4) is 0 Å². The van der Waals surface area contributed by atoms with Crippen molar-refractivity contribution < 1.29 is 14.3 Å². The molecule has 1 saturated carbocycles. The van der Waals surface area contributed by atoms with Crippen molar-refractivity contribution in [2.75, 3.05) is 6.61 Å². The fraction of sp³-hybridized carbons (Fsp3) is 0.533. The largest absolute Gasteiger partial charge is 0.387 e. The Bertz CT molecular complexity index is 594. The Labute approximate surface area is 127 Å². The van der Waals surface area contributed by atoms with Crippen molar-refractivity contribution in [2.45, 2.75) is 25.9 Å². The highest BCUT2D eigenvalue weighted by Crippen LogP contribution is 2.43. The van der Waals surface area contributed by atoms with Crippen molar-refractivity contribution in [3.63, 3.8) is 0 Å². The lowest BCUT2D eigenvalue weighted by Crippen LogP contribution is -2.22. The standard InChI is InChI=1S/C15H17ClN2O3/c1-7(19)18-15(17)11-6-10(11)13(20)9-4-8-2-3-21-14(8)12(16)5-9/h4-5,8,10-11,14H,2-3,6H2,1H3,(H2,17,18,19). The third-order valence-corrected chi connectivity index (χ3v) is 4.50. The molecule has 0 aromatic heterocycles. The molecule has 1 saturated heterocycles. The highest BCUT2D eigenvalue weighted by atomic mass is 35.5. The van der Waals surface area contributed by atoms with Gasteiger partial charge in [0.05, 0.1) is 6.10 Å². The highest BCUT2D eigenvalue weighted by molar-refractivity contribution is 6.31. The van der Waals surface area contributed by atoms with Gasteiger partial charge in [0.15, 0.2) is 5.78 Å². The maximum Gasteiger partial charge on any atom is 0.244 e. The lowest BCUT2D eigenvalue weighted by atomic mass is 9.90. The predicted molar refractivity (Wildman–Crippen MR) is 78.8 cm³/mol. The van der Waals surface area contributed by atoms with Crippen LogP contribution >= 0.6 is 11.6 Å². The minimum atomic E-state index is -0.337. The first-order valence-electron chi connectivity index (χ1n) is 7.06. The molecule has 4 atom stereocenters. The summed E-state index contributed by atoms with van der Waals surface area (Å²) in [6, 6.07) is 0. The Hall–Kier alpha value is -1.46. The summed E-state index contributed by atoms with van der Waals surface area (Å²) >= 11 is 6.20. The molecular weight excluding hydrogens is 292 g/mol. The molecule has 1 amide bonds. The minimum absolute atomic E-state index is 0.0326. The van der Waals surface area contributed by atoms with Crippen LogP contribution in [0.4, 0.5) is 0 Å². The number of carbonyl (C=O) groups excluding carboxylic acids is 2. The molecule has 1 heterocycles. The van der Waals surface area contributed by atoms with Gasteiger partial charge in [-0.1, -0.05) is 17.7 Å². The van der Waals surface area contributed by atoms with Crippen molar-refractivity contribution in [2.24, 2.45) is 28.5 Å². The third kappa shape index (κ3) is 2.80. The van der Waals surface area contributed by atoms with Gasteiger partial charge in [-0.15, -0.1) is 0 Å². The molecule has 2 fully saturated rings. The van der Waals surface area contributed by atoms with Crippen LogP contribution in [0.5, 0.6) is 0 Å². The van der Waals surface area contributed by atoms with E-state index in [1.165, 1.54) is 6.92 Å². The quantitative estimate of drug-likeness (QED) is 0.633. The third-order valence-electron chi connectivity index (χ3n) is 4.17. The maximum absolute atomic E-state index is 12.5. The molecule has 2 aliphatic carbocycles. The molecule has 112 valence electrons. The maximum atomic E-state index is 12.5. The van der Waals surface area contributed by atoms with Crippen LogP contribution in [0.1, 0.15) is 19.8 Å². The topological polar surface area (TPSA) is 81.8 Å². The number of allylic oxidation sites excluding steroid dienone is 2. The summed E-state index contributed by atoms with van der Waals surface area (Å²) in [5.74, 6) is -0.163. The number of halogens is 1. The zero-order valence-corrected chi connectivity index (χ0v) is 12.5. The van der Waals surface area contributed by atoms with E-state index in [-0.39, 0.29) is 41.4 Å². The van der Waals surface area contributed by atoms with E-state index in [4.69, 9.17) is 22.1 Å².